The van der Waals surface area contributed by atoms with Gasteiger partial charge in [0.05, 0.1) is 11.4 Å². The number of rotatable bonds is 6. The molecule has 3 aromatic carbocycles. The Morgan fingerprint density at radius 1 is 1.08 bits per heavy atom. The summed E-state index contributed by atoms with van der Waals surface area (Å²) in [5.74, 6) is -2.12. The van der Waals surface area contributed by atoms with Gasteiger partial charge >= 0.3 is 5.97 Å². The first kappa shape index (κ1) is 27.2. The average Bonchev–Trinajstić information content (AvgIpc) is 3.13. The van der Waals surface area contributed by atoms with E-state index in [1.54, 1.807) is 61.5 Å². The summed E-state index contributed by atoms with van der Waals surface area (Å²) in [6.07, 6.45) is 2.15. The number of carbonyl (C=O) groups is 3. The minimum atomic E-state index is -3.41. The van der Waals surface area contributed by atoms with Gasteiger partial charge in [0, 0.05) is 29.0 Å². The van der Waals surface area contributed by atoms with Crippen molar-refractivity contribution in [1.82, 2.24) is 4.90 Å². The summed E-state index contributed by atoms with van der Waals surface area (Å²) in [5.41, 5.74) is 1.63. The zero-order valence-corrected chi connectivity index (χ0v) is 23.2. The number of nitrogens with zero attached hydrogens (tertiary/aromatic N) is 1. The van der Waals surface area contributed by atoms with Gasteiger partial charge in [0.1, 0.15) is 5.92 Å². The van der Waals surface area contributed by atoms with E-state index in [9.17, 15) is 22.8 Å². The Kier molecular flexibility index (Phi) is 7.22. The average molecular weight is 566 g/mol. The molecule has 0 radical (unpaired) electrons. The summed E-state index contributed by atoms with van der Waals surface area (Å²) in [7, 11) is -3.41. The Hall–Kier alpha value is -3.33. The molecule has 2 unspecified atom stereocenters. The third-order valence-electron chi connectivity index (χ3n) is 7.48. The van der Waals surface area contributed by atoms with E-state index >= 15 is 0 Å². The number of piperidine rings is 1. The first-order valence-corrected chi connectivity index (χ1v) is 14.9. The number of halogens is 1. The van der Waals surface area contributed by atoms with Gasteiger partial charge in [0.15, 0.2) is 27.0 Å². The molecule has 0 saturated carbocycles. The van der Waals surface area contributed by atoms with Gasteiger partial charge in [0.25, 0.3) is 0 Å². The van der Waals surface area contributed by atoms with Gasteiger partial charge in [0.2, 0.25) is 0 Å². The molecule has 9 heteroatoms. The summed E-state index contributed by atoms with van der Waals surface area (Å²) in [4.78, 5) is 41.8. The Morgan fingerprint density at radius 2 is 1.82 bits per heavy atom. The number of Topliss-reactive ketones (excluding diaryl/α,β-unsaturated/α-hetero) is 2. The fourth-order valence-electron chi connectivity index (χ4n) is 5.51. The van der Waals surface area contributed by atoms with E-state index in [0.29, 0.717) is 52.2 Å². The van der Waals surface area contributed by atoms with Crippen LogP contribution >= 0.6 is 11.6 Å². The van der Waals surface area contributed by atoms with Crippen molar-refractivity contribution in [1.29, 1.82) is 0 Å². The van der Waals surface area contributed by atoms with Crippen LogP contribution in [0.3, 0.4) is 0 Å². The maximum atomic E-state index is 13.8. The molecule has 0 aromatic heterocycles. The van der Waals surface area contributed by atoms with Gasteiger partial charge in [-0.3, -0.25) is 19.3 Å². The molecule has 39 heavy (non-hydrogen) atoms. The first-order chi connectivity index (χ1) is 18.5. The molecular formula is C30H28ClNO6S. The summed E-state index contributed by atoms with van der Waals surface area (Å²) >= 11 is 6.63. The van der Waals surface area contributed by atoms with Crippen LogP contribution in [-0.2, 0) is 24.2 Å². The lowest BCUT2D eigenvalue weighted by atomic mass is 9.81. The molecule has 5 rings (SSSR count). The van der Waals surface area contributed by atoms with E-state index in [4.69, 9.17) is 16.3 Å². The fraction of sp³-hybridized carbons (Fsp3) is 0.300. The van der Waals surface area contributed by atoms with Crippen LogP contribution in [0.4, 0.5) is 0 Å². The summed E-state index contributed by atoms with van der Waals surface area (Å²) in [6.45, 7) is 2.71. The van der Waals surface area contributed by atoms with Gasteiger partial charge in [-0.1, -0.05) is 54.1 Å². The van der Waals surface area contributed by atoms with E-state index < -0.39 is 27.3 Å². The number of likely N-dealkylation sites (tertiary alicyclic amines) is 1. The van der Waals surface area contributed by atoms with Crippen LogP contribution < -0.4 is 0 Å². The Morgan fingerprint density at radius 3 is 2.54 bits per heavy atom. The highest BCUT2D eigenvalue weighted by atomic mass is 35.5. The molecule has 2 saturated heterocycles. The van der Waals surface area contributed by atoms with Crippen molar-refractivity contribution in [3.05, 3.63) is 88.4 Å². The third kappa shape index (κ3) is 5.29. The van der Waals surface area contributed by atoms with Crippen LogP contribution in [0.15, 0.2) is 71.6 Å². The number of hydrogen-bond donors (Lipinski definition) is 0. The molecule has 0 aliphatic carbocycles. The highest BCUT2D eigenvalue weighted by molar-refractivity contribution is 7.90. The second kappa shape index (κ2) is 10.3. The van der Waals surface area contributed by atoms with Crippen LogP contribution in [0.2, 0.25) is 5.02 Å². The van der Waals surface area contributed by atoms with Crippen LogP contribution in [-0.4, -0.2) is 62.3 Å². The van der Waals surface area contributed by atoms with Crippen molar-refractivity contribution in [2.24, 2.45) is 0 Å². The molecule has 3 aromatic rings. The minimum Gasteiger partial charge on any atom is -0.449 e. The number of sulfone groups is 1. The molecular weight excluding hydrogens is 538 g/mol. The van der Waals surface area contributed by atoms with Crippen LogP contribution in [0.25, 0.3) is 11.1 Å². The summed E-state index contributed by atoms with van der Waals surface area (Å²) in [6, 6.07) is 18.8. The highest BCUT2D eigenvalue weighted by Crippen LogP contribution is 2.43. The molecule has 202 valence electrons. The number of hydrogen-bond acceptors (Lipinski definition) is 7. The largest absolute Gasteiger partial charge is 0.449 e. The molecule has 0 bridgehead atoms. The first-order valence-electron chi connectivity index (χ1n) is 12.7. The van der Waals surface area contributed by atoms with Gasteiger partial charge in [-0.25, -0.2) is 8.42 Å². The number of carbonyl (C=O) groups excluding carboxylic acids is 3. The number of esters is 1. The second-order valence-electron chi connectivity index (χ2n) is 10.3. The SMILES string of the molecule is Cc1cc(-c2cccc(S(C)(=O)=O)c2)c(Cl)cc1C1C(=O)OC2(CCCN(CC(=O)c3ccccc3)C2)C1=O. The number of ketones is 2. The molecule has 7 nitrogen and oxygen atoms in total. The highest BCUT2D eigenvalue weighted by Gasteiger charge is 2.57. The molecule has 0 N–H and O–H groups in total. The third-order valence-corrected chi connectivity index (χ3v) is 8.90. The van der Waals surface area contributed by atoms with Crippen LogP contribution in [0.5, 0.6) is 0 Å². The minimum absolute atomic E-state index is 0.0564. The van der Waals surface area contributed by atoms with Crippen molar-refractivity contribution in [3.63, 3.8) is 0 Å². The predicted molar refractivity (Wildman–Crippen MR) is 148 cm³/mol. The smallest absolute Gasteiger partial charge is 0.322 e. The quantitative estimate of drug-likeness (QED) is 0.244. The number of benzene rings is 3. The van der Waals surface area contributed by atoms with Crippen molar-refractivity contribution in [2.75, 3.05) is 25.9 Å². The standard InChI is InChI=1S/C30H28ClNO6S/c1-19-14-24(21-10-6-11-22(15-21)39(2,36)37)25(31)16-23(19)27-28(34)30(38-29(27)35)12-7-13-32(18-30)17-26(33)20-8-4-3-5-9-20/h3-6,8-11,14-16,27H,7,12-13,17-18H2,1-2H3. The lowest BCUT2D eigenvalue weighted by molar-refractivity contribution is -0.157. The van der Waals surface area contributed by atoms with Crippen LogP contribution in [0, 0.1) is 6.92 Å². The van der Waals surface area contributed by atoms with Crippen LogP contribution in [0.1, 0.15) is 40.2 Å². The zero-order valence-electron chi connectivity index (χ0n) is 21.6. The van der Waals surface area contributed by atoms with E-state index in [-0.39, 0.29) is 29.6 Å². The molecule has 0 amide bonds. The normalized spacial score (nSPS) is 21.8. The summed E-state index contributed by atoms with van der Waals surface area (Å²) in [5, 5.41) is 0.293. The van der Waals surface area contributed by atoms with Crippen molar-refractivity contribution in [3.8, 4) is 11.1 Å². The molecule has 2 heterocycles. The van der Waals surface area contributed by atoms with Crippen molar-refractivity contribution < 1.29 is 27.5 Å². The molecule has 2 aliphatic heterocycles. The number of aryl methyl sites for hydroxylation is 1. The predicted octanol–water partition coefficient (Wildman–Crippen LogP) is 4.65. The van der Waals surface area contributed by atoms with E-state index in [2.05, 4.69) is 0 Å². The van der Waals surface area contributed by atoms with E-state index in [1.165, 1.54) is 6.07 Å². The summed E-state index contributed by atoms with van der Waals surface area (Å²) < 4.78 is 29.9. The second-order valence-corrected chi connectivity index (χ2v) is 12.7. The maximum Gasteiger partial charge on any atom is 0.322 e. The molecule has 1 spiro atoms. The Bertz CT molecular complexity index is 1590. The molecule has 2 fully saturated rings. The Balaban J connectivity index is 1.40. The lowest BCUT2D eigenvalue weighted by Gasteiger charge is -2.37. The fourth-order valence-corrected chi connectivity index (χ4v) is 6.46. The maximum absolute atomic E-state index is 13.8. The molecule has 2 atom stereocenters. The van der Waals surface area contributed by atoms with Gasteiger partial charge in [-0.2, -0.15) is 0 Å². The van der Waals surface area contributed by atoms with E-state index in [0.717, 1.165) is 6.26 Å². The number of ether oxygens (including phenoxy) is 1. The lowest BCUT2D eigenvalue weighted by Crippen LogP contribution is -2.53. The van der Waals surface area contributed by atoms with Gasteiger partial charge in [-0.15, -0.1) is 0 Å². The Labute approximate surface area is 232 Å². The van der Waals surface area contributed by atoms with Crippen molar-refractivity contribution >= 4 is 39.0 Å². The van der Waals surface area contributed by atoms with E-state index in [1.807, 2.05) is 11.0 Å². The van der Waals surface area contributed by atoms with Gasteiger partial charge < -0.3 is 4.74 Å². The van der Waals surface area contributed by atoms with Gasteiger partial charge in [-0.05, 0) is 67.3 Å². The zero-order chi connectivity index (χ0) is 27.9. The monoisotopic (exact) mass is 565 g/mol. The van der Waals surface area contributed by atoms with Crippen molar-refractivity contribution in [2.45, 2.75) is 36.2 Å². The molecule has 2 aliphatic rings. The topological polar surface area (TPSA) is 97.8 Å².